The Balaban J connectivity index is 1.22. The molecule has 6 heteroatoms. The van der Waals surface area contributed by atoms with Crippen LogP contribution in [0.4, 0.5) is 0 Å². The summed E-state index contributed by atoms with van der Waals surface area (Å²) in [5, 5.41) is 9.63. The molecule has 65 heavy (non-hydrogen) atoms. The van der Waals surface area contributed by atoms with Crippen LogP contribution >= 0.6 is 12.0 Å². The zero-order chi connectivity index (χ0) is 46.6. The highest BCUT2D eigenvalue weighted by molar-refractivity contribution is 7.93. The average Bonchev–Trinajstić information content (AvgIpc) is 3.67. The average molecular weight is 933 g/mol. The Morgan fingerprint density at radius 1 is 0.569 bits per heavy atom. The zero-order valence-corrected chi connectivity index (χ0v) is 45.5. The largest absolute Gasteiger partial charge is 0.396 e. The molecule has 9 unspecified atom stereocenters. The van der Waals surface area contributed by atoms with E-state index >= 15 is 0 Å². The van der Waals surface area contributed by atoms with Gasteiger partial charge in [-0.05, 0) is 206 Å². The molecule has 0 aliphatic heterocycles. The third kappa shape index (κ3) is 19.7. The molecule has 4 rings (SSSR count). The maximum atomic E-state index is 9.63. The second-order valence-corrected chi connectivity index (χ2v) is 24.0. The van der Waals surface area contributed by atoms with Gasteiger partial charge in [0, 0.05) is 12.9 Å². The second-order valence-electron chi connectivity index (χ2n) is 23.4. The number of aliphatic hydroxyl groups is 1. The van der Waals surface area contributed by atoms with Gasteiger partial charge in [-0.3, -0.25) is 4.18 Å². The molecule has 4 aliphatic carbocycles. The summed E-state index contributed by atoms with van der Waals surface area (Å²) < 4.78 is 19.7. The Bertz CT molecular complexity index is 1160. The maximum Gasteiger partial charge on any atom is 0.173 e. The summed E-state index contributed by atoms with van der Waals surface area (Å²) in [5.74, 6) is 6.43. The fourth-order valence-corrected chi connectivity index (χ4v) is 15.2. The van der Waals surface area contributed by atoms with Gasteiger partial charge >= 0.3 is 0 Å². The lowest BCUT2D eigenvalue weighted by Crippen LogP contribution is -2.53. The molecule has 0 aromatic heterocycles. The van der Waals surface area contributed by atoms with E-state index < -0.39 is 0 Å². The number of unbranched alkanes of at least 4 members (excludes halogenated alkanes) is 15. The summed E-state index contributed by atoms with van der Waals surface area (Å²) >= 11 is 1.45. The van der Waals surface area contributed by atoms with Crippen LogP contribution < -0.4 is 0 Å². The minimum Gasteiger partial charge on any atom is -0.396 e. The molecule has 11 atom stereocenters. The Morgan fingerprint density at radius 2 is 1.15 bits per heavy atom. The first kappa shape index (κ1) is 57.7. The number of ether oxygens (including phenoxy) is 2. The fourth-order valence-electron chi connectivity index (χ4n) is 14.9. The number of hydrogen-bond acceptors (Lipinski definition) is 6. The smallest absolute Gasteiger partial charge is 0.173 e. The number of rotatable bonds is 40. The van der Waals surface area contributed by atoms with Crippen molar-refractivity contribution in [3.05, 3.63) is 0 Å². The quantitative estimate of drug-likeness (QED) is 0.0375. The predicted molar refractivity (Wildman–Crippen MR) is 282 cm³/mol. The SMILES string of the molecule is CCCCCCCCC(CCCCCC)CO[C@H](CCCCCCC)OC(CCCCCN(CCCCO)CCC[C@@H](C)C1CCC2C3CCC4CCCCC4(C)C3CCC21C)OSC. The number of fused-ring (bicyclic) bond motifs is 5. The maximum absolute atomic E-state index is 9.63. The van der Waals surface area contributed by atoms with Crippen molar-refractivity contribution in [1.29, 1.82) is 0 Å². The fraction of sp³-hybridized carbons (Fsp3) is 1.00. The first-order valence-electron chi connectivity index (χ1n) is 29.5. The number of nitrogens with zero attached hydrogens (tertiary/aromatic N) is 1. The van der Waals surface area contributed by atoms with Gasteiger partial charge < -0.3 is 19.5 Å². The summed E-state index contributed by atoms with van der Waals surface area (Å²) in [5.41, 5.74) is 1.23. The summed E-state index contributed by atoms with van der Waals surface area (Å²) in [6.07, 6.45) is 49.4. The number of aliphatic hydroxyl groups excluding tert-OH is 1. The molecule has 0 saturated heterocycles. The van der Waals surface area contributed by atoms with E-state index in [1.807, 2.05) is 6.26 Å². The highest BCUT2D eigenvalue weighted by atomic mass is 32.2. The summed E-state index contributed by atoms with van der Waals surface area (Å²) in [7, 11) is 0. The van der Waals surface area contributed by atoms with E-state index in [1.165, 1.54) is 218 Å². The van der Waals surface area contributed by atoms with Crippen molar-refractivity contribution in [2.75, 3.05) is 39.1 Å². The lowest BCUT2D eigenvalue weighted by atomic mass is 9.44. The van der Waals surface area contributed by atoms with E-state index in [9.17, 15) is 5.11 Å². The van der Waals surface area contributed by atoms with Gasteiger partial charge in [-0.2, -0.15) is 0 Å². The van der Waals surface area contributed by atoms with Crippen LogP contribution in [0.25, 0.3) is 0 Å². The van der Waals surface area contributed by atoms with Crippen LogP contribution in [0.1, 0.15) is 273 Å². The minimum absolute atomic E-state index is 0.173. The van der Waals surface area contributed by atoms with Gasteiger partial charge in [0.25, 0.3) is 0 Å². The van der Waals surface area contributed by atoms with E-state index in [0.29, 0.717) is 23.4 Å². The van der Waals surface area contributed by atoms with E-state index in [0.717, 1.165) is 80.8 Å². The van der Waals surface area contributed by atoms with Gasteiger partial charge in [-0.15, -0.1) is 0 Å². The van der Waals surface area contributed by atoms with Gasteiger partial charge in [0.05, 0.1) is 6.61 Å². The van der Waals surface area contributed by atoms with Crippen molar-refractivity contribution in [2.24, 2.45) is 52.3 Å². The molecule has 1 N–H and O–H groups in total. The lowest BCUT2D eigenvalue weighted by molar-refractivity contribution is -0.224. The molecule has 0 amide bonds. The van der Waals surface area contributed by atoms with Gasteiger partial charge in [0.15, 0.2) is 12.6 Å². The highest BCUT2D eigenvalue weighted by Gasteiger charge is 2.60. The molecule has 4 saturated carbocycles. The van der Waals surface area contributed by atoms with Crippen LogP contribution in [0.2, 0.25) is 0 Å². The highest BCUT2D eigenvalue weighted by Crippen LogP contribution is 2.68. The van der Waals surface area contributed by atoms with E-state index in [1.54, 1.807) is 6.42 Å². The Hall–Kier alpha value is 0.150. The molecule has 0 spiro atoms. The van der Waals surface area contributed by atoms with Crippen molar-refractivity contribution in [3.63, 3.8) is 0 Å². The molecule has 0 aromatic carbocycles. The van der Waals surface area contributed by atoms with Crippen LogP contribution in [0.5, 0.6) is 0 Å². The molecule has 0 heterocycles. The van der Waals surface area contributed by atoms with Crippen LogP contribution in [0, 0.1) is 52.3 Å². The zero-order valence-electron chi connectivity index (χ0n) is 44.7. The predicted octanol–water partition coefficient (Wildman–Crippen LogP) is 17.8. The van der Waals surface area contributed by atoms with Gasteiger partial charge in [-0.1, -0.05) is 151 Å². The second kappa shape index (κ2) is 33.7. The van der Waals surface area contributed by atoms with Crippen molar-refractivity contribution >= 4 is 12.0 Å². The molecule has 0 bridgehead atoms. The normalized spacial score (nSPS) is 28.5. The monoisotopic (exact) mass is 932 g/mol. The molecule has 0 aromatic rings. The topological polar surface area (TPSA) is 51.2 Å². The van der Waals surface area contributed by atoms with Crippen LogP contribution in [-0.4, -0.2) is 61.7 Å². The summed E-state index contributed by atoms with van der Waals surface area (Å²) in [6, 6.07) is 0. The summed E-state index contributed by atoms with van der Waals surface area (Å²) in [6.45, 7) is 19.7. The van der Waals surface area contributed by atoms with Gasteiger partial charge in [-0.25, -0.2) is 0 Å². The van der Waals surface area contributed by atoms with Crippen LogP contribution in [-0.2, 0) is 13.7 Å². The van der Waals surface area contributed by atoms with Crippen LogP contribution in [0.15, 0.2) is 0 Å². The van der Waals surface area contributed by atoms with E-state index in [4.69, 9.17) is 13.7 Å². The van der Waals surface area contributed by atoms with Gasteiger partial charge in [0.1, 0.15) is 0 Å². The standard InChI is InChI=1S/C59H113NO4S/c1-8-11-14-17-19-22-33-50(32-21-16-13-10-3)48-62-56(35-23-18-15-12-9-2)63-57(64-65-7)36-24-20-27-44-60(45-28-29-47-61)46-30-31-49(4)53-39-40-54-52-38-37-51-34-25-26-42-58(51,5)55(52)41-43-59(53,54)6/h49-57,61H,8-48H2,1-7H3/t49-,50?,51?,52?,53?,54?,55?,56+,57?,58?,59?/m1/s1. The van der Waals surface area contributed by atoms with Crippen LogP contribution in [0.3, 0.4) is 0 Å². The first-order valence-corrected chi connectivity index (χ1v) is 30.7. The minimum atomic E-state index is -0.216. The molecule has 4 fully saturated rings. The third-order valence-corrected chi connectivity index (χ3v) is 19.2. The van der Waals surface area contributed by atoms with E-state index in [-0.39, 0.29) is 12.6 Å². The Morgan fingerprint density at radius 3 is 1.83 bits per heavy atom. The molecular weight excluding hydrogens is 819 g/mol. The lowest BCUT2D eigenvalue weighted by Gasteiger charge is -2.61. The van der Waals surface area contributed by atoms with Crippen molar-refractivity contribution in [2.45, 2.75) is 285 Å². The van der Waals surface area contributed by atoms with E-state index in [2.05, 4.69) is 46.4 Å². The molecule has 4 aliphatic rings. The molecule has 384 valence electrons. The first-order chi connectivity index (χ1) is 31.7. The third-order valence-electron chi connectivity index (χ3n) is 18.8. The Labute approximate surface area is 410 Å². The number of hydrogen-bond donors (Lipinski definition) is 1. The van der Waals surface area contributed by atoms with Gasteiger partial charge in [0.2, 0.25) is 0 Å². The van der Waals surface area contributed by atoms with Crippen molar-refractivity contribution in [3.8, 4) is 0 Å². The molecule has 5 nitrogen and oxygen atoms in total. The molecule has 0 radical (unpaired) electrons. The molecular formula is C59H113NO4S. The Kier molecular flexibility index (Phi) is 29.9. The van der Waals surface area contributed by atoms with Crippen molar-refractivity contribution in [1.82, 2.24) is 4.90 Å². The summed E-state index contributed by atoms with van der Waals surface area (Å²) in [4.78, 5) is 2.74. The van der Waals surface area contributed by atoms with Crippen molar-refractivity contribution < 1.29 is 18.8 Å².